The number of aliphatic hydroxyl groups is 1. The van der Waals surface area contributed by atoms with Crippen molar-refractivity contribution < 1.29 is 14.6 Å². The Bertz CT molecular complexity index is 1510. The van der Waals surface area contributed by atoms with E-state index in [1.807, 2.05) is 42.5 Å². The number of fused-ring (bicyclic) bond motifs is 2. The topological polar surface area (TPSA) is 108 Å². The van der Waals surface area contributed by atoms with Crippen LogP contribution in [0, 0.1) is 0 Å². The zero-order chi connectivity index (χ0) is 25.8. The number of amides is 1. The van der Waals surface area contributed by atoms with E-state index < -0.39 is 6.10 Å². The largest absolute Gasteiger partial charge is 0.497 e. The molecule has 3 N–H and O–H groups in total. The van der Waals surface area contributed by atoms with Crippen LogP contribution in [0.2, 0.25) is 0 Å². The first-order chi connectivity index (χ1) is 18.0. The summed E-state index contributed by atoms with van der Waals surface area (Å²) >= 11 is 0. The third-order valence-electron chi connectivity index (χ3n) is 6.88. The Hall–Kier alpha value is -4.01. The van der Waals surface area contributed by atoms with Crippen LogP contribution in [0.1, 0.15) is 30.1 Å². The van der Waals surface area contributed by atoms with Gasteiger partial charge in [-0.2, -0.15) is 0 Å². The highest BCUT2D eigenvalue weighted by Crippen LogP contribution is 2.27. The van der Waals surface area contributed by atoms with E-state index >= 15 is 0 Å². The normalized spacial score (nSPS) is 15.8. The number of methoxy groups -OCH3 is 1. The first-order valence-electron chi connectivity index (χ1n) is 12.4. The Kier molecular flexibility index (Phi) is 7.30. The lowest BCUT2D eigenvalue weighted by Crippen LogP contribution is -2.45. The quantitative estimate of drug-likeness (QED) is 0.337. The molecule has 8 nitrogen and oxygen atoms in total. The summed E-state index contributed by atoms with van der Waals surface area (Å²) in [5, 5.41) is 15.9. The molecule has 3 heterocycles. The molecule has 1 aliphatic heterocycles. The van der Waals surface area contributed by atoms with Crippen LogP contribution in [0.25, 0.3) is 27.9 Å². The van der Waals surface area contributed by atoms with Gasteiger partial charge in [0.15, 0.2) is 0 Å². The van der Waals surface area contributed by atoms with Gasteiger partial charge in [-0.05, 0) is 77.9 Å². The molecule has 0 bridgehead atoms. The molecule has 4 aromatic rings. The SMILES string of the molecule is COc1ccc2nccc([C@@H](O)CN3CCC(NC(=O)/C=C/c4ccc5[nH]c(=O)ccc5c4)CC3)c2c1. The number of hydrogen-bond acceptors (Lipinski definition) is 6. The minimum absolute atomic E-state index is 0.0956. The lowest BCUT2D eigenvalue weighted by atomic mass is 10.0. The zero-order valence-electron chi connectivity index (χ0n) is 20.7. The number of piperidine rings is 1. The molecule has 1 saturated heterocycles. The molecule has 190 valence electrons. The van der Waals surface area contributed by atoms with Crippen molar-refractivity contribution in [1.29, 1.82) is 0 Å². The standard InChI is InChI=1S/C29H30N4O4/c1-37-22-5-7-26-24(17-22)23(10-13-30-26)27(34)18-33-14-11-21(12-15-33)31-28(35)8-3-19-2-6-25-20(16-19)4-9-29(36)32-25/h2-10,13,16-17,21,27,34H,11-12,14-15,18H2,1H3,(H,31,35)(H,32,36)/b8-3+/t27-/m0/s1. The number of ether oxygens (including phenoxy) is 1. The number of carbonyl (C=O) groups excluding carboxylic acids is 1. The number of likely N-dealkylation sites (tertiary alicyclic amines) is 1. The van der Waals surface area contributed by atoms with E-state index in [0.29, 0.717) is 6.54 Å². The Labute approximate surface area is 214 Å². The van der Waals surface area contributed by atoms with Crippen molar-refractivity contribution in [2.45, 2.75) is 25.0 Å². The van der Waals surface area contributed by atoms with Gasteiger partial charge >= 0.3 is 0 Å². The number of pyridine rings is 2. The van der Waals surface area contributed by atoms with Crippen LogP contribution in [0.4, 0.5) is 0 Å². The van der Waals surface area contributed by atoms with E-state index in [0.717, 1.165) is 64.6 Å². The number of carbonyl (C=O) groups is 1. The number of aromatic nitrogens is 2. The molecule has 0 spiro atoms. The summed E-state index contributed by atoms with van der Waals surface area (Å²) in [6.07, 6.45) is 6.04. The molecular weight excluding hydrogens is 468 g/mol. The fourth-order valence-corrected chi connectivity index (χ4v) is 4.86. The van der Waals surface area contributed by atoms with E-state index in [1.54, 1.807) is 31.5 Å². The molecule has 1 fully saturated rings. The Morgan fingerprint density at radius 3 is 2.84 bits per heavy atom. The van der Waals surface area contributed by atoms with E-state index in [-0.39, 0.29) is 17.5 Å². The summed E-state index contributed by atoms with van der Waals surface area (Å²) in [5.74, 6) is 0.605. The molecule has 1 aliphatic rings. The molecular formula is C29H30N4O4. The lowest BCUT2D eigenvalue weighted by Gasteiger charge is -2.33. The van der Waals surface area contributed by atoms with Crippen LogP contribution in [-0.4, -0.2) is 58.7 Å². The van der Waals surface area contributed by atoms with E-state index in [1.165, 1.54) is 6.07 Å². The molecule has 5 rings (SSSR count). The van der Waals surface area contributed by atoms with Gasteiger partial charge < -0.3 is 25.0 Å². The predicted molar refractivity (Wildman–Crippen MR) is 144 cm³/mol. The van der Waals surface area contributed by atoms with E-state index in [4.69, 9.17) is 4.74 Å². The van der Waals surface area contributed by atoms with E-state index in [9.17, 15) is 14.7 Å². The van der Waals surface area contributed by atoms with Crippen LogP contribution >= 0.6 is 0 Å². The molecule has 1 amide bonds. The van der Waals surface area contributed by atoms with Gasteiger partial charge in [-0.1, -0.05) is 6.07 Å². The maximum atomic E-state index is 12.5. The molecule has 2 aromatic carbocycles. The average molecular weight is 499 g/mol. The van der Waals surface area contributed by atoms with Gasteiger partial charge in [0.25, 0.3) is 0 Å². The number of H-pyrrole nitrogens is 1. The van der Waals surface area contributed by atoms with Crippen molar-refractivity contribution in [3.8, 4) is 5.75 Å². The third-order valence-corrected chi connectivity index (χ3v) is 6.88. The van der Waals surface area contributed by atoms with Gasteiger partial charge in [-0.25, -0.2) is 0 Å². The average Bonchev–Trinajstić information content (AvgIpc) is 2.92. The first-order valence-corrected chi connectivity index (χ1v) is 12.4. The van der Waals surface area contributed by atoms with Crippen molar-refractivity contribution >= 4 is 33.8 Å². The van der Waals surface area contributed by atoms with E-state index in [2.05, 4.69) is 20.2 Å². The molecule has 0 radical (unpaired) electrons. The Balaban J connectivity index is 1.14. The van der Waals surface area contributed by atoms with Gasteiger partial charge in [0.2, 0.25) is 11.5 Å². The molecule has 2 aromatic heterocycles. The minimum atomic E-state index is -0.647. The number of hydrogen-bond donors (Lipinski definition) is 3. The molecule has 0 unspecified atom stereocenters. The molecule has 8 heteroatoms. The van der Waals surface area contributed by atoms with Gasteiger partial charge in [0, 0.05) is 54.9 Å². The van der Waals surface area contributed by atoms with Gasteiger partial charge in [-0.3, -0.25) is 14.6 Å². The smallest absolute Gasteiger partial charge is 0.248 e. The second-order valence-corrected chi connectivity index (χ2v) is 9.39. The number of β-amino-alcohol motifs (C(OH)–C–C–N with tert-alkyl or cyclic N) is 1. The summed E-state index contributed by atoms with van der Waals surface area (Å²) < 4.78 is 5.34. The summed E-state index contributed by atoms with van der Waals surface area (Å²) in [7, 11) is 1.62. The predicted octanol–water partition coefficient (Wildman–Crippen LogP) is 3.41. The number of aliphatic hydroxyl groups excluding tert-OH is 1. The Morgan fingerprint density at radius 2 is 2.03 bits per heavy atom. The number of nitrogens with zero attached hydrogens (tertiary/aromatic N) is 2. The molecule has 0 aliphatic carbocycles. The lowest BCUT2D eigenvalue weighted by molar-refractivity contribution is -0.117. The summed E-state index contributed by atoms with van der Waals surface area (Å²) in [5.41, 5.74) is 3.18. The minimum Gasteiger partial charge on any atom is -0.497 e. The van der Waals surface area contributed by atoms with Gasteiger partial charge in [0.1, 0.15) is 5.75 Å². The fourth-order valence-electron chi connectivity index (χ4n) is 4.86. The van der Waals surface area contributed by atoms with Crippen molar-refractivity contribution in [3.63, 3.8) is 0 Å². The monoisotopic (exact) mass is 498 g/mol. The van der Waals surface area contributed by atoms with Gasteiger partial charge in [0.05, 0.1) is 18.7 Å². The maximum absolute atomic E-state index is 12.5. The maximum Gasteiger partial charge on any atom is 0.248 e. The summed E-state index contributed by atoms with van der Waals surface area (Å²) in [4.78, 5) is 33.3. The zero-order valence-corrected chi connectivity index (χ0v) is 20.7. The van der Waals surface area contributed by atoms with Crippen molar-refractivity contribution in [2.75, 3.05) is 26.7 Å². The fraction of sp³-hybridized carbons (Fsp3) is 0.276. The molecule has 0 saturated carbocycles. The number of rotatable bonds is 7. The van der Waals surface area contributed by atoms with Crippen LogP contribution in [-0.2, 0) is 4.79 Å². The summed E-state index contributed by atoms with van der Waals surface area (Å²) in [6.45, 7) is 2.10. The van der Waals surface area contributed by atoms with Crippen molar-refractivity contribution in [2.24, 2.45) is 0 Å². The highest BCUT2D eigenvalue weighted by atomic mass is 16.5. The molecule has 1 atom stereocenters. The van der Waals surface area contributed by atoms with Crippen LogP contribution in [0.15, 0.2) is 71.7 Å². The third kappa shape index (κ3) is 5.87. The van der Waals surface area contributed by atoms with Gasteiger partial charge in [-0.15, -0.1) is 0 Å². The van der Waals surface area contributed by atoms with Crippen molar-refractivity contribution in [3.05, 3.63) is 88.4 Å². The highest BCUT2D eigenvalue weighted by molar-refractivity contribution is 5.92. The molecule has 37 heavy (non-hydrogen) atoms. The van der Waals surface area contributed by atoms with Crippen LogP contribution in [0.3, 0.4) is 0 Å². The first kappa shape index (κ1) is 24.7. The van der Waals surface area contributed by atoms with Crippen molar-refractivity contribution in [1.82, 2.24) is 20.2 Å². The second-order valence-electron chi connectivity index (χ2n) is 9.39. The summed E-state index contributed by atoms with van der Waals surface area (Å²) in [6, 6.07) is 16.5. The van der Waals surface area contributed by atoms with Crippen LogP contribution in [0.5, 0.6) is 5.75 Å². The van der Waals surface area contributed by atoms with Crippen LogP contribution < -0.4 is 15.6 Å². The number of benzene rings is 2. The Morgan fingerprint density at radius 1 is 1.19 bits per heavy atom. The number of nitrogens with one attached hydrogen (secondary N) is 2. The highest BCUT2D eigenvalue weighted by Gasteiger charge is 2.23. The second kappa shape index (κ2) is 10.9. The number of aromatic amines is 1.